The molecule has 0 bridgehead atoms. The fourth-order valence-electron chi connectivity index (χ4n) is 1.78. The van der Waals surface area contributed by atoms with Gasteiger partial charge in [-0.25, -0.2) is 5.43 Å². The molecule has 0 aliphatic carbocycles. The number of amides is 1. The second-order valence-corrected chi connectivity index (χ2v) is 6.96. The maximum atomic E-state index is 11.7. The van der Waals surface area contributed by atoms with Gasteiger partial charge < -0.3 is 9.84 Å². The zero-order chi connectivity index (χ0) is 17.7. The molecule has 0 radical (unpaired) electrons. The van der Waals surface area contributed by atoms with Gasteiger partial charge in [-0.15, -0.1) is 0 Å². The van der Waals surface area contributed by atoms with Crippen LogP contribution in [0, 0.1) is 6.92 Å². The Morgan fingerprint density at radius 2 is 2.08 bits per heavy atom. The first kappa shape index (κ1) is 18.8. The van der Waals surface area contributed by atoms with Crippen LogP contribution in [-0.2, 0) is 4.79 Å². The van der Waals surface area contributed by atoms with E-state index in [1.165, 1.54) is 12.3 Å². The van der Waals surface area contributed by atoms with Gasteiger partial charge in [0.2, 0.25) is 0 Å². The Morgan fingerprint density at radius 3 is 2.79 bits per heavy atom. The van der Waals surface area contributed by atoms with Crippen molar-refractivity contribution in [3.63, 3.8) is 0 Å². The molecular weight excluding hydrogens is 463 g/mol. The summed E-state index contributed by atoms with van der Waals surface area (Å²) in [6.45, 7) is 1.67. The number of aromatic hydroxyl groups is 1. The van der Waals surface area contributed by atoms with Crippen molar-refractivity contribution in [1.29, 1.82) is 0 Å². The lowest BCUT2D eigenvalue weighted by Gasteiger charge is -2.08. The quantitative estimate of drug-likeness (QED) is 0.496. The van der Waals surface area contributed by atoms with Crippen LogP contribution < -0.4 is 10.2 Å². The zero-order valence-corrected chi connectivity index (χ0v) is 16.4. The zero-order valence-electron chi connectivity index (χ0n) is 12.5. The first-order chi connectivity index (χ1) is 11.4. The molecule has 0 aromatic heterocycles. The van der Waals surface area contributed by atoms with Gasteiger partial charge in [-0.3, -0.25) is 4.79 Å². The number of nitrogens with zero attached hydrogens (tertiary/aromatic N) is 1. The Balaban J connectivity index is 1.90. The Morgan fingerprint density at radius 1 is 1.33 bits per heavy atom. The molecule has 5 nitrogen and oxygen atoms in total. The predicted octanol–water partition coefficient (Wildman–Crippen LogP) is 4.41. The second kappa shape index (κ2) is 8.50. The second-order valence-electron chi connectivity index (χ2n) is 4.82. The van der Waals surface area contributed by atoms with E-state index < -0.39 is 5.91 Å². The van der Waals surface area contributed by atoms with Crippen molar-refractivity contribution in [3.05, 3.63) is 55.4 Å². The highest BCUT2D eigenvalue weighted by atomic mass is 79.9. The number of phenols is 1. The average Bonchev–Trinajstić information content (AvgIpc) is 2.51. The van der Waals surface area contributed by atoms with Crippen LogP contribution in [0.15, 0.2) is 44.4 Å². The molecule has 0 saturated carbocycles. The van der Waals surface area contributed by atoms with Crippen LogP contribution in [0.2, 0.25) is 5.02 Å². The van der Waals surface area contributed by atoms with E-state index in [1.807, 2.05) is 6.92 Å². The number of benzene rings is 2. The number of aryl methyl sites for hydroxylation is 1. The van der Waals surface area contributed by atoms with Crippen molar-refractivity contribution in [2.45, 2.75) is 6.92 Å². The number of carbonyl (C=O) groups is 1. The van der Waals surface area contributed by atoms with Crippen LogP contribution in [0.4, 0.5) is 0 Å². The van der Waals surface area contributed by atoms with Crippen molar-refractivity contribution in [2.24, 2.45) is 5.10 Å². The van der Waals surface area contributed by atoms with Crippen LogP contribution in [-0.4, -0.2) is 23.8 Å². The van der Waals surface area contributed by atoms with Crippen LogP contribution in [0.25, 0.3) is 0 Å². The van der Waals surface area contributed by atoms with Crippen molar-refractivity contribution in [2.75, 3.05) is 6.61 Å². The van der Waals surface area contributed by atoms with E-state index in [2.05, 4.69) is 42.4 Å². The summed E-state index contributed by atoms with van der Waals surface area (Å²) in [4.78, 5) is 11.7. The highest BCUT2D eigenvalue weighted by Gasteiger charge is 2.06. The van der Waals surface area contributed by atoms with E-state index in [1.54, 1.807) is 24.3 Å². The van der Waals surface area contributed by atoms with E-state index in [9.17, 15) is 9.90 Å². The molecule has 2 N–H and O–H groups in total. The van der Waals surface area contributed by atoms with Crippen molar-refractivity contribution >= 4 is 55.6 Å². The lowest BCUT2D eigenvalue weighted by molar-refractivity contribution is -0.123. The largest absolute Gasteiger partial charge is 0.507 e. The number of halogens is 3. The van der Waals surface area contributed by atoms with Gasteiger partial charge in [0.25, 0.3) is 5.91 Å². The van der Waals surface area contributed by atoms with Crippen LogP contribution >= 0.6 is 43.5 Å². The summed E-state index contributed by atoms with van der Waals surface area (Å²) < 4.78 is 6.69. The normalized spacial score (nSPS) is 10.8. The molecule has 0 saturated heterocycles. The number of rotatable bonds is 5. The number of nitrogens with one attached hydrogen (secondary N) is 1. The first-order valence-electron chi connectivity index (χ1n) is 6.75. The van der Waals surface area contributed by atoms with Gasteiger partial charge in [-0.05, 0) is 58.7 Å². The van der Waals surface area contributed by atoms with E-state index in [0.29, 0.717) is 20.8 Å². The van der Waals surface area contributed by atoms with Gasteiger partial charge in [0.15, 0.2) is 6.61 Å². The van der Waals surface area contributed by atoms with Crippen molar-refractivity contribution < 1.29 is 14.6 Å². The fraction of sp³-hybridized carbons (Fsp3) is 0.125. The topological polar surface area (TPSA) is 70.9 Å². The van der Waals surface area contributed by atoms with E-state index in [4.69, 9.17) is 16.3 Å². The average molecular weight is 477 g/mol. The molecule has 126 valence electrons. The SMILES string of the molecule is Cc1cc(Cl)ccc1OCC(=O)NN=Cc1cc(O)c(Br)cc1Br. The third-order valence-electron chi connectivity index (χ3n) is 2.95. The Kier molecular flexibility index (Phi) is 6.65. The molecule has 1 amide bonds. The number of phenolic OH excluding ortho intramolecular Hbond substituents is 1. The summed E-state index contributed by atoms with van der Waals surface area (Å²) in [6.07, 6.45) is 1.42. The molecule has 0 aliphatic heterocycles. The molecular formula is C16H13Br2ClN2O3. The predicted molar refractivity (Wildman–Crippen MR) is 101 cm³/mol. The van der Waals surface area contributed by atoms with Gasteiger partial charge in [-0.1, -0.05) is 27.5 Å². The molecule has 0 unspecified atom stereocenters. The minimum absolute atomic E-state index is 0.0764. The van der Waals surface area contributed by atoms with E-state index in [0.717, 1.165) is 10.0 Å². The molecule has 8 heteroatoms. The molecule has 2 rings (SSSR count). The minimum Gasteiger partial charge on any atom is -0.507 e. The minimum atomic E-state index is -0.405. The van der Waals surface area contributed by atoms with Gasteiger partial charge in [-0.2, -0.15) is 5.10 Å². The van der Waals surface area contributed by atoms with Crippen LogP contribution in [0.1, 0.15) is 11.1 Å². The molecule has 0 spiro atoms. The lowest BCUT2D eigenvalue weighted by atomic mass is 10.2. The summed E-state index contributed by atoms with van der Waals surface area (Å²) in [5.41, 5.74) is 3.82. The van der Waals surface area contributed by atoms with E-state index in [-0.39, 0.29) is 12.4 Å². The molecule has 2 aromatic rings. The number of hydrogen-bond acceptors (Lipinski definition) is 4. The van der Waals surface area contributed by atoms with Gasteiger partial charge in [0.05, 0.1) is 10.7 Å². The molecule has 0 fully saturated rings. The molecule has 0 heterocycles. The summed E-state index contributed by atoms with van der Waals surface area (Å²) >= 11 is 12.4. The van der Waals surface area contributed by atoms with E-state index >= 15 is 0 Å². The number of hydrazone groups is 1. The summed E-state index contributed by atoms with van der Waals surface area (Å²) in [5, 5.41) is 14.1. The highest BCUT2D eigenvalue weighted by Crippen LogP contribution is 2.29. The smallest absolute Gasteiger partial charge is 0.277 e. The fourth-order valence-corrected chi connectivity index (χ4v) is 3.10. The first-order valence-corrected chi connectivity index (χ1v) is 8.72. The number of carbonyl (C=O) groups excluding carboxylic acids is 1. The van der Waals surface area contributed by atoms with Crippen molar-refractivity contribution in [3.8, 4) is 11.5 Å². The third-order valence-corrected chi connectivity index (χ3v) is 4.51. The highest BCUT2D eigenvalue weighted by molar-refractivity contribution is 9.11. The standard InChI is InChI=1S/C16H13Br2ClN2O3/c1-9-4-11(19)2-3-15(9)24-8-16(23)21-20-7-10-5-14(22)13(18)6-12(10)17/h2-7,22H,8H2,1H3,(H,21,23). The lowest BCUT2D eigenvalue weighted by Crippen LogP contribution is -2.24. The van der Waals surface area contributed by atoms with Gasteiger partial charge >= 0.3 is 0 Å². The number of ether oxygens (including phenoxy) is 1. The summed E-state index contributed by atoms with van der Waals surface area (Å²) in [7, 11) is 0. The number of hydrogen-bond donors (Lipinski definition) is 2. The maximum Gasteiger partial charge on any atom is 0.277 e. The molecule has 2 aromatic carbocycles. The monoisotopic (exact) mass is 474 g/mol. The Labute approximate surface area is 160 Å². The third kappa shape index (κ3) is 5.22. The van der Waals surface area contributed by atoms with Crippen LogP contribution in [0.3, 0.4) is 0 Å². The maximum absolute atomic E-state index is 11.7. The van der Waals surface area contributed by atoms with Crippen LogP contribution in [0.5, 0.6) is 11.5 Å². The summed E-state index contributed by atoms with van der Waals surface area (Å²) in [5.74, 6) is 0.254. The Hall–Kier alpha value is -1.57. The van der Waals surface area contributed by atoms with Crippen molar-refractivity contribution in [1.82, 2.24) is 5.43 Å². The Bertz CT molecular complexity index is 797. The van der Waals surface area contributed by atoms with Gasteiger partial charge in [0, 0.05) is 15.1 Å². The molecule has 0 atom stereocenters. The van der Waals surface area contributed by atoms with Gasteiger partial charge in [0.1, 0.15) is 11.5 Å². The molecule has 24 heavy (non-hydrogen) atoms. The molecule has 0 aliphatic rings. The summed E-state index contributed by atoms with van der Waals surface area (Å²) in [6, 6.07) is 8.35.